The standard InChI is InChI=1S/C24H28F4N2/c25-23-10-3-2-7-19(23)14-30-16-20(15-29-11-4-1-5-12-29)22(17-30)18-8-6-9-21(13-18)24(26,27)28/h2-3,6-10,13,20,22H,1,4-5,11-12,14-17H2. The number of alkyl halides is 3. The van der Waals surface area contributed by atoms with Crippen molar-refractivity contribution in [3.63, 3.8) is 0 Å². The first-order chi connectivity index (χ1) is 14.4. The van der Waals surface area contributed by atoms with Crippen LogP contribution in [0, 0.1) is 11.7 Å². The lowest BCUT2D eigenvalue weighted by Crippen LogP contribution is -2.36. The molecule has 0 spiro atoms. The summed E-state index contributed by atoms with van der Waals surface area (Å²) < 4.78 is 54.0. The van der Waals surface area contributed by atoms with Crippen molar-refractivity contribution in [1.82, 2.24) is 9.80 Å². The Hall–Kier alpha value is -1.92. The SMILES string of the molecule is Fc1ccccc1CN1CC(CN2CCCCC2)C(c2cccc(C(F)(F)F)c2)C1. The molecule has 0 N–H and O–H groups in total. The molecule has 2 saturated heterocycles. The number of piperidine rings is 1. The van der Waals surface area contributed by atoms with Gasteiger partial charge in [-0.3, -0.25) is 4.90 Å². The van der Waals surface area contributed by atoms with Gasteiger partial charge in [0.25, 0.3) is 0 Å². The molecule has 0 saturated carbocycles. The molecule has 2 heterocycles. The summed E-state index contributed by atoms with van der Waals surface area (Å²) in [6.07, 6.45) is -0.735. The van der Waals surface area contributed by atoms with Gasteiger partial charge in [-0.25, -0.2) is 4.39 Å². The van der Waals surface area contributed by atoms with E-state index >= 15 is 0 Å². The van der Waals surface area contributed by atoms with E-state index in [0.29, 0.717) is 18.7 Å². The van der Waals surface area contributed by atoms with Crippen LogP contribution in [0.3, 0.4) is 0 Å². The van der Waals surface area contributed by atoms with E-state index in [9.17, 15) is 17.6 Å². The van der Waals surface area contributed by atoms with Crippen molar-refractivity contribution in [1.29, 1.82) is 0 Å². The van der Waals surface area contributed by atoms with Crippen LogP contribution in [0.5, 0.6) is 0 Å². The average molecular weight is 420 g/mol. The highest BCUT2D eigenvalue weighted by Gasteiger charge is 2.37. The molecule has 2 unspecified atom stereocenters. The summed E-state index contributed by atoms with van der Waals surface area (Å²) in [7, 11) is 0. The summed E-state index contributed by atoms with van der Waals surface area (Å²) in [6, 6.07) is 12.5. The summed E-state index contributed by atoms with van der Waals surface area (Å²) in [5.41, 5.74) is 0.783. The van der Waals surface area contributed by atoms with Crippen LogP contribution in [0.4, 0.5) is 17.6 Å². The average Bonchev–Trinajstić information content (AvgIpc) is 3.12. The zero-order valence-corrected chi connectivity index (χ0v) is 17.0. The first-order valence-corrected chi connectivity index (χ1v) is 10.8. The summed E-state index contributed by atoms with van der Waals surface area (Å²) in [5.74, 6) is 0.0203. The number of rotatable bonds is 5. The van der Waals surface area contributed by atoms with Gasteiger partial charge in [-0.2, -0.15) is 13.2 Å². The fourth-order valence-corrected chi connectivity index (χ4v) is 4.94. The van der Waals surface area contributed by atoms with Crippen LogP contribution >= 0.6 is 0 Å². The largest absolute Gasteiger partial charge is 0.416 e. The van der Waals surface area contributed by atoms with Gasteiger partial charge in [0.05, 0.1) is 5.56 Å². The Labute approximate surface area is 175 Å². The van der Waals surface area contributed by atoms with Crippen molar-refractivity contribution < 1.29 is 17.6 Å². The number of likely N-dealkylation sites (tertiary alicyclic amines) is 2. The minimum absolute atomic E-state index is 0.0148. The molecule has 2 fully saturated rings. The predicted octanol–water partition coefficient (Wildman–Crippen LogP) is 5.55. The maximum Gasteiger partial charge on any atom is 0.416 e. The number of hydrogen-bond acceptors (Lipinski definition) is 2. The second-order valence-electron chi connectivity index (χ2n) is 8.64. The van der Waals surface area contributed by atoms with E-state index < -0.39 is 11.7 Å². The quantitative estimate of drug-likeness (QED) is 0.586. The summed E-state index contributed by atoms with van der Waals surface area (Å²) in [4.78, 5) is 4.64. The number of halogens is 4. The third kappa shape index (κ3) is 5.03. The van der Waals surface area contributed by atoms with E-state index in [1.807, 2.05) is 12.1 Å². The summed E-state index contributed by atoms with van der Waals surface area (Å²) >= 11 is 0. The first kappa shape index (κ1) is 21.3. The molecule has 6 heteroatoms. The zero-order chi connectivity index (χ0) is 21.1. The molecule has 2 aliphatic rings. The molecule has 0 aliphatic carbocycles. The molecule has 0 amide bonds. The van der Waals surface area contributed by atoms with E-state index in [1.165, 1.54) is 37.5 Å². The van der Waals surface area contributed by atoms with Gasteiger partial charge in [0, 0.05) is 37.7 Å². The Kier molecular flexibility index (Phi) is 6.44. The van der Waals surface area contributed by atoms with E-state index in [1.54, 1.807) is 12.1 Å². The molecule has 4 rings (SSSR count). The van der Waals surface area contributed by atoms with Gasteiger partial charge in [0.1, 0.15) is 5.82 Å². The Bertz CT molecular complexity index is 845. The highest BCUT2D eigenvalue weighted by atomic mass is 19.4. The molecule has 0 bridgehead atoms. The molecular weight excluding hydrogens is 392 g/mol. The Morgan fingerprint density at radius 2 is 1.63 bits per heavy atom. The third-order valence-corrected chi connectivity index (χ3v) is 6.45. The van der Waals surface area contributed by atoms with E-state index in [4.69, 9.17) is 0 Å². The molecule has 2 aromatic rings. The highest BCUT2D eigenvalue weighted by molar-refractivity contribution is 5.30. The Balaban J connectivity index is 1.55. The van der Waals surface area contributed by atoms with Crippen LogP contribution in [0.25, 0.3) is 0 Å². The fraction of sp³-hybridized carbons (Fsp3) is 0.500. The van der Waals surface area contributed by atoms with E-state index in [-0.39, 0.29) is 17.7 Å². The predicted molar refractivity (Wildman–Crippen MR) is 110 cm³/mol. The molecule has 2 aromatic carbocycles. The topological polar surface area (TPSA) is 6.48 Å². The molecule has 2 atom stereocenters. The highest BCUT2D eigenvalue weighted by Crippen LogP contribution is 2.37. The zero-order valence-electron chi connectivity index (χ0n) is 17.0. The van der Waals surface area contributed by atoms with E-state index in [0.717, 1.165) is 37.8 Å². The van der Waals surface area contributed by atoms with Crippen molar-refractivity contribution in [3.8, 4) is 0 Å². The van der Waals surface area contributed by atoms with Crippen molar-refractivity contribution >= 4 is 0 Å². The van der Waals surface area contributed by atoms with Crippen LogP contribution in [0.15, 0.2) is 48.5 Å². The first-order valence-electron chi connectivity index (χ1n) is 10.8. The Morgan fingerprint density at radius 1 is 0.867 bits per heavy atom. The van der Waals surface area contributed by atoms with Gasteiger partial charge < -0.3 is 4.90 Å². The molecule has 0 aromatic heterocycles. The summed E-state index contributed by atoms with van der Waals surface area (Å²) in [6.45, 7) is 4.89. The van der Waals surface area contributed by atoms with Crippen LogP contribution in [-0.4, -0.2) is 42.5 Å². The molecule has 2 nitrogen and oxygen atoms in total. The minimum atomic E-state index is -4.34. The molecule has 0 radical (unpaired) electrons. The van der Waals surface area contributed by atoms with Crippen molar-refractivity contribution in [3.05, 3.63) is 71.0 Å². The van der Waals surface area contributed by atoms with Crippen LogP contribution in [0.2, 0.25) is 0 Å². The van der Waals surface area contributed by atoms with Gasteiger partial charge in [0.2, 0.25) is 0 Å². The fourth-order valence-electron chi connectivity index (χ4n) is 4.94. The van der Waals surface area contributed by atoms with E-state index in [2.05, 4.69) is 9.80 Å². The van der Waals surface area contributed by atoms with Crippen molar-refractivity contribution in [2.75, 3.05) is 32.7 Å². The minimum Gasteiger partial charge on any atom is -0.303 e. The maximum atomic E-state index is 14.2. The van der Waals surface area contributed by atoms with Gasteiger partial charge in [0.15, 0.2) is 0 Å². The van der Waals surface area contributed by atoms with Gasteiger partial charge in [-0.15, -0.1) is 0 Å². The van der Waals surface area contributed by atoms with Crippen LogP contribution in [-0.2, 0) is 12.7 Å². The normalized spacial score (nSPS) is 23.7. The molecular formula is C24H28F4N2. The lowest BCUT2D eigenvalue weighted by molar-refractivity contribution is -0.137. The number of nitrogens with zero attached hydrogens (tertiary/aromatic N) is 2. The molecule has 30 heavy (non-hydrogen) atoms. The number of benzene rings is 2. The Morgan fingerprint density at radius 3 is 2.37 bits per heavy atom. The van der Waals surface area contributed by atoms with Crippen molar-refractivity contribution in [2.45, 2.75) is 37.9 Å². The summed E-state index contributed by atoms with van der Waals surface area (Å²) in [5, 5.41) is 0. The molecule has 162 valence electrons. The van der Waals surface area contributed by atoms with Crippen molar-refractivity contribution in [2.24, 2.45) is 5.92 Å². The second kappa shape index (κ2) is 9.06. The van der Waals surface area contributed by atoms with Crippen LogP contribution in [0.1, 0.15) is 41.9 Å². The lowest BCUT2D eigenvalue weighted by Gasteiger charge is -2.31. The maximum absolute atomic E-state index is 14.2. The van der Waals surface area contributed by atoms with Gasteiger partial charge in [-0.1, -0.05) is 42.8 Å². The molecule has 2 aliphatic heterocycles. The van der Waals surface area contributed by atoms with Gasteiger partial charge >= 0.3 is 6.18 Å². The smallest absolute Gasteiger partial charge is 0.303 e. The third-order valence-electron chi connectivity index (χ3n) is 6.45. The second-order valence-corrected chi connectivity index (χ2v) is 8.64. The number of hydrogen-bond donors (Lipinski definition) is 0. The van der Waals surface area contributed by atoms with Crippen LogP contribution < -0.4 is 0 Å². The lowest BCUT2D eigenvalue weighted by atomic mass is 9.87. The monoisotopic (exact) mass is 420 g/mol. The van der Waals surface area contributed by atoms with Gasteiger partial charge in [-0.05, 0) is 49.5 Å².